The van der Waals surface area contributed by atoms with Gasteiger partial charge in [0.25, 0.3) is 0 Å². The standard InChI is InChI=1S/C19H22N4O2S/c1-13(2)15-6-4-5-7-16(15)23-10-9-20-19(23)26-11-8-18(24)21-17-12-14(3)25-22-17/h4-7,9-10,12-13H,8,11H2,1-3H3,(H,21,22,24). The fourth-order valence-electron chi connectivity index (χ4n) is 2.64. The molecule has 0 bridgehead atoms. The summed E-state index contributed by atoms with van der Waals surface area (Å²) in [4.78, 5) is 16.5. The molecule has 0 spiro atoms. The molecule has 0 atom stereocenters. The maximum atomic E-state index is 12.0. The highest BCUT2D eigenvalue weighted by Crippen LogP contribution is 2.27. The molecular weight excluding hydrogens is 348 g/mol. The van der Waals surface area contributed by atoms with E-state index >= 15 is 0 Å². The lowest BCUT2D eigenvalue weighted by molar-refractivity contribution is -0.115. The SMILES string of the molecule is Cc1cc(NC(=O)CCSc2nccn2-c2ccccc2C(C)C)no1. The second kappa shape index (κ2) is 8.23. The van der Waals surface area contributed by atoms with Crippen LogP contribution >= 0.6 is 11.8 Å². The molecule has 0 fully saturated rings. The molecule has 0 radical (unpaired) electrons. The van der Waals surface area contributed by atoms with Crippen LogP contribution in [0.2, 0.25) is 0 Å². The molecule has 0 unspecified atom stereocenters. The summed E-state index contributed by atoms with van der Waals surface area (Å²) < 4.78 is 7.02. The minimum Gasteiger partial charge on any atom is -0.360 e. The first-order chi connectivity index (χ1) is 12.5. The first kappa shape index (κ1) is 18.3. The normalized spacial score (nSPS) is 11.1. The van der Waals surface area contributed by atoms with E-state index in [9.17, 15) is 4.79 Å². The van der Waals surface area contributed by atoms with Crippen molar-refractivity contribution in [3.63, 3.8) is 0 Å². The number of amides is 1. The number of para-hydroxylation sites is 1. The highest BCUT2D eigenvalue weighted by Gasteiger charge is 2.13. The maximum Gasteiger partial charge on any atom is 0.226 e. The summed E-state index contributed by atoms with van der Waals surface area (Å²) in [5.41, 5.74) is 2.40. The van der Waals surface area contributed by atoms with Crippen LogP contribution in [0.3, 0.4) is 0 Å². The second-order valence-electron chi connectivity index (χ2n) is 6.26. The van der Waals surface area contributed by atoms with E-state index in [-0.39, 0.29) is 5.91 Å². The Morgan fingerprint density at radius 1 is 1.35 bits per heavy atom. The van der Waals surface area contributed by atoms with Gasteiger partial charge in [0, 0.05) is 30.6 Å². The number of carbonyl (C=O) groups is 1. The summed E-state index contributed by atoms with van der Waals surface area (Å²) in [5, 5.41) is 7.37. The van der Waals surface area contributed by atoms with Gasteiger partial charge in [0.2, 0.25) is 5.91 Å². The molecule has 1 N–H and O–H groups in total. The lowest BCUT2D eigenvalue weighted by atomic mass is 10.0. The Morgan fingerprint density at radius 3 is 2.88 bits per heavy atom. The van der Waals surface area contributed by atoms with Crippen LogP contribution < -0.4 is 5.32 Å². The summed E-state index contributed by atoms with van der Waals surface area (Å²) in [6.07, 6.45) is 4.12. The Kier molecular flexibility index (Phi) is 5.78. The molecule has 0 aliphatic carbocycles. The average Bonchev–Trinajstić information content (AvgIpc) is 3.24. The fraction of sp³-hybridized carbons (Fsp3) is 0.316. The predicted molar refractivity (Wildman–Crippen MR) is 103 cm³/mol. The highest BCUT2D eigenvalue weighted by atomic mass is 32.2. The van der Waals surface area contributed by atoms with Gasteiger partial charge in [-0.1, -0.05) is 49.0 Å². The number of nitrogens with one attached hydrogen (secondary N) is 1. The van der Waals surface area contributed by atoms with Gasteiger partial charge in [-0.15, -0.1) is 0 Å². The van der Waals surface area contributed by atoms with Gasteiger partial charge in [0.05, 0.1) is 5.69 Å². The molecule has 3 rings (SSSR count). The monoisotopic (exact) mass is 370 g/mol. The van der Waals surface area contributed by atoms with E-state index < -0.39 is 0 Å². The maximum absolute atomic E-state index is 12.0. The summed E-state index contributed by atoms with van der Waals surface area (Å²) in [5.74, 6) is 2.07. The van der Waals surface area contributed by atoms with Crippen LogP contribution in [0, 0.1) is 6.92 Å². The molecule has 0 aliphatic heterocycles. The van der Waals surface area contributed by atoms with Crippen molar-refractivity contribution in [2.75, 3.05) is 11.1 Å². The molecule has 136 valence electrons. The van der Waals surface area contributed by atoms with Gasteiger partial charge in [-0.05, 0) is 24.5 Å². The van der Waals surface area contributed by atoms with Gasteiger partial charge in [-0.3, -0.25) is 9.36 Å². The van der Waals surface area contributed by atoms with Crippen molar-refractivity contribution in [1.82, 2.24) is 14.7 Å². The Bertz CT molecular complexity index is 885. The van der Waals surface area contributed by atoms with Crippen molar-refractivity contribution in [2.45, 2.75) is 38.3 Å². The van der Waals surface area contributed by atoms with Crippen molar-refractivity contribution in [2.24, 2.45) is 0 Å². The van der Waals surface area contributed by atoms with Gasteiger partial charge < -0.3 is 9.84 Å². The molecule has 6 nitrogen and oxygen atoms in total. The number of anilines is 1. The number of aryl methyl sites for hydroxylation is 1. The van der Waals surface area contributed by atoms with Crippen LogP contribution in [-0.2, 0) is 4.79 Å². The lowest BCUT2D eigenvalue weighted by Gasteiger charge is -2.15. The Hall–Kier alpha value is -2.54. The molecule has 0 saturated heterocycles. The molecule has 0 aliphatic rings. The van der Waals surface area contributed by atoms with Crippen molar-refractivity contribution in [3.05, 3.63) is 54.0 Å². The van der Waals surface area contributed by atoms with E-state index in [1.807, 2.05) is 12.3 Å². The molecule has 26 heavy (non-hydrogen) atoms. The van der Waals surface area contributed by atoms with E-state index in [1.165, 1.54) is 5.56 Å². The number of rotatable bonds is 7. The molecule has 2 heterocycles. The summed E-state index contributed by atoms with van der Waals surface area (Å²) in [6, 6.07) is 10.0. The number of hydrogen-bond donors (Lipinski definition) is 1. The largest absolute Gasteiger partial charge is 0.360 e. The fourth-order valence-corrected chi connectivity index (χ4v) is 3.54. The zero-order chi connectivity index (χ0) is 18.5. The van der Waals surface area contributed by atoms with E-state index in [4.69, 9.17) is 4.52 Å². The third-order valence-electron chi connectivity index (χ3n) is 3.88. The number of carbonyl (C=O) groups excluding carboxylic acids is 1. The molecule has 0 saturated carbocycles. The molecule has 7 heteroatoms. The first-order valence-corrected chi connectivity index (χ1v) is 9.52. The Labute approximate surface area is 157 Å². The number of aromatic nitrogens is 3. The van der Waals surface area contributed by atoms with Gasteiger partial charge in [0.1, 0.15) is 5.76 Å². The quantitative estimate of drug-likeness (QED) is 0.624. The minimum atomic E-state index is -0.0912. The van der Waals surface area contributed by atoms with Crippen LogP contribution in [0.25, 0.3) is 5.69 Å². The van der Waals surface area contributed by atoms with Crippen LogP contribution in [0.4, 0.5) is 5.82 Å². The van der Waals surface area contributed by atoms with Crippen molar-refractivity contribution < 1.29 is 9.32 Å². The second-order valence-corrected chi connectivity index (χ2v) is 7.32. The van der Waals surface area contributed by atoms with E-state index in [0.717, 1.165) is 10.8 Å². The first-order valence-electron chi connectivity index (χ1n) is 8.53. The minimum absolute atomic E-state index is 0.0912. The van der Waals surface area contributed by atoms with Gasteiger partial charge >= 0.3 is 0 Å². The topological polar surface area (TPSA) is 73.0 Å². The smallest absolute Gasteiger partial charge is 0.226 e. The van der Waals surface area contributed by atoms with Gasteiger partial charge in [0.15, 0.2) is 11.0 Å². The molecule has 2 aromatic heterocycles. The highest BCUT2D eigenvalue weighted by molar-refractivity contribution is 7.99. The zero-order valence-electron chi connectivity index (χ0n) is 15.1. The van der Waals surface area contributed by atoms with Gasteiger partial charge in [-0.25, -0.2) is 4.98 Å². The number of thioether (sulfide) groups is 1. The number of nitrogens with zero attached hydrogens (tertiary/aromatic N) is 3. The van der Waals surface area contributed by atoms with Crippen LogP contribution in [-0.4, -0.2) is 26.4 Å². The third-order valence-corrected chi connectivity index (χ3v) is 4.85. The number of benzene rings is 1. The third kappa shape index (κ3) is 4.35. The summed E-state index contributed by atoms with van der Waals surface area (Å²) in [6.45, 7) is 6.14. The van der Waals surface area contributed by atoms with Crippen LogP contribution in [0.5, 0.6) is 0 Å². The Balaban J connectivity index is 1.62. The number of imidazole rings is 1. The zero-order valence-corrected chi connectivity index (χ0v) is 15.9. The molecule has 3 aromatic rings. The molecular formula is C19H22N4O2S. The molecule has 1 amide bonds. The molecule has 1 aromatic carbocycles. The van der Waals surface area contributed by atoms with E-state index in [1.54, 1.807) is 30.9 Å². The number of hydrogen-bond acceptors (Lipinski definition) is 5. The summed E-state index contributed by atoms with van der Waals surface area (Å²) >= 11 is 1.56. The van der Waals surface area contributed by atoms with Crippen LogP contribution in [0.15, 0.2) is 52.4 Å². The average molecular weight is 370 g/mol. The van der Waals surface area contributed by atoms with Crippen molar-refractivity contribution in [1.29, 1.82) is 0 Å². The van der Waals surface area contributed by atoms with Crippen molar-refractivity contribution >= 4 is 23.5 Å². The predicted octanol–water partition coefficient (Wildman–Crippen LogP) is 4.41. The lowest BCUT2D eigenvalue weighted by Crippen LogP contribution is -2.12. The van der Waals surface area contributed by atoms with Crippen molar-refractivity contribution in [3.8, 4) is 5.69 Å². The van der Waals surface area contributed by atoms with E-state index in [0.29, 0.717) is 29.7 Å². The summed E-state index contributed by atoms with van der Waals surface area (Å²) in [7, 11) is 0. The Morgan fingerprint density at radius 2 is 2.15 bits per heavy atom. The van der Waals surface area contributed by atoms with Gasteiger partial charge in [-0.2, -0.15) is 0 Å². The van der Waals surface area contributed by atoms with E-state index in [2.05, 4.69) is 52.1 Å². The van der Waals surface area contributed by atoms with Crippen LogP contribution in [0.1, 0.15) is 37.5 Å².